The molecule has 110 valence electrons. The van der Waals surface area contributed by atoms with Crippen LogP contribution in [0.25, 0.3) is 10.8 Å². The molecule has 2 N–H and O–H groups in total. The van der Waals surface area contributed by atoms with E-state index in [1.54, 1.807) is 0 Å². The third kappa shape index (κ3) is 2.99. The Labute approximate surface area is 125 Å². The fraction of sp³-hybridized carbons (Fsp3) is 0.412. The predicted octanol–water partition coefficient (Wildman–Crippen LogP) is 3.34. The smallest absolute Gasteiger partial charge is 0.270 e. The summed E-state index contributed by atoms with van der Waals surface area (Å²) in [7, 11) is 0. The van der Waals surface area contributed by atoms with Gasteiger partial charge in [-0.05, 0) is 37.1 Å². The zero-order valence-corrected chi connectivity index (χ0v) is 12.4. The van der Waals surface area contributed by atoms with Crippen LogP contribution in [-0.2, 0) is 0 Å². The summed E-state index contributed by atoms with van der Waals surface area (Å²) in [5.74, 6) is 0.735. The van der Waals surface area contributed by atoms with E-state index in [1.165, 1.54) is 6.42 Å². The van der Waals surface area contributed by atoms with E-state index < -0.39 is 0 Å². The molecule has 0 aliphatic heterocycles. The third-order valence-corrected chi connectivity index (χ3v) is 3.96. The van der Waals surface area contributed by atoms with Gasteiger partial charge in [-0.1, -0.05) is 31.2 Å². The van der Waals surface area contributed by atoms with Crippen molar-refractivity contribution in [3.05, 3.63) is 36.0 Å². The number of aromatic nitrogens is 1. The van der Waals surface area contributed by atoms with Crippen LogP contribution in [0.5, 0.6) is 0 Å². The molecule has 1 heterocycles. The zero-order valence-electron chi connectivity index (χ0n) is 12.4. The van der Waals surface area contributed by atoms with Crippen LogP contribution in [0.3, 0.4) is 0 Å². The van der Waals surface area contributed by atoms with Crippen LogP contribution >= 0.6 is 0 Å². The van der Waals surface area contributed by atoms with Gasteiger partial charge in [-0.2, -0.15) is 0 Å². The van der Waals surface area contributed by atoms with Crippen molar-refractivity contribution in [2.45, 2.75) is 38.6 Å². The van der Waals surface area contributed by atoms with Crippen molar-refractivity contribution >= 4 is 22.5 Å². The molecule has 1 saturated carbocycles. The number of nitrogens with zero attached hydrogens (tertiary/aromatic N) is 1. The average molecular weight is 283 g/mol. The first-order valence-corrected chi connectivity index (χ1v) is 7.72. The number of fused-ring (bicyclic) bond motifs is 1. The molecule has 0 saturated heterocycles. The Hall–Kier alpha value is -2.10. The van der Waals surface area contributed by atoms with E-state index in [9.17, 15) is 4.79 Å². The standard InChI is InChI=1S/C17H21N3O/c1-2-10-18-16-14-9-4-3-6-12(14)11-15(20-16)17(21)19-13-7-5-8-13/h3-4,6,9,11,13H,2,5,7-8,10H2,1H3,(H,18,20)(H,19,21). The minimum Gasteiger partial charge on any atom is -0.370 e. The Balaban J connectivity index is 1.92. The predicted molar refractivity (Wildman–Crippen MR) is 85.6 cm³/mol. The summed E-state index contributed by atoms with van der Waals surface area (Å²) >= 11 is 0. The van der Waals surface area contributed by atoms with E-state index in [4.69, 9.17) is 0 Å². The number of benzene rings is 1. The molecule has 1 aromatic heterocycles. The highest BCUT2D eigenvalue weighted by Gasteiger charge is 2.21. The van der Waals surface area contributed by atoms with Crippen LogP contribution in [0.2, 0.25) is 0 Å². The molecule has 3 rings (SSSR count). The van der Waals surface area contributed by atoms with Crippen LogP contribution in [0, 0.1) is 0 Å². The summed E-state index contributed by atoms with van der Waals surface area (Å²) in [5, 5.41) is 8.48. The summed E-state index contributed by atoms with van der Waals surface area (Å²) in [4.78, 5) is 16.8. The number of anilines is 1. The molecule has 1 fully saturated rings. The molecule has 2 aromatic rings. The molecule has 0 bridgehead atoms. The highest BCUT2D eigenvalue weighted by molar-refractivity contribution is 6.00. The topological polar surface area (TPSA) is 54.0 Å². The minimum atomic E-state index is -0.0648. The average Bonchev–Trinajstić information content (AvgIpc) is 2.48. The lowest BCUT2D eigenvalue weighted by molar-refractivity contribution is 0.0912. The molecule has 4 heteroatoms. The van der Waals surface area contributed by atoms with Crippen molar-refractivity contribution in [1.82, 2.24) is 10.3 Å². The van der Waals surface area contributed by atoms with Crippen molar-refractivity contribution in [2.24, 2.45) is 0 Å². The Morgan fingerprint density at radius 1 is 1.33 bits per heavy atom. The fourth-order valence-corrected chi connectivity index (χ4v) is 2.51. The maximum atomic E-state index is 12.3. The Morgan fingerprint density at radius 3 is 2.86 bits per heavy atom. The van der Waals surface area contributed by atoms with Crippen LogP contribution in [0.15, 0.2) is 30.3 Å². The number of hydrogen-bond donors (Lipinski definition) is 2. The van der Waals surface area contributed by atoms with Gasteiger partial charge in [0.25, 0.3) is 5.91 Å². The van der Waals surface area contributed by atoms with Gasteiger partial charge in [0.2, 0.25) is 0 Å². The van der Waals surface area contributed by atoms with E-state index in [2.05, 4.69) is 22.5 Å². The summed E-state index contributed by atoms with van der Waals surface area (Å²) in [5.41, 5.74) is 0.499. The summed E-state index contributed by atoms with van der Waals surface area (Å²) in [6.07, 6.45) is 4.40. The molecular weight excluding hydrogens is 262 g/mol. The van der Waals surface area contributed by atoms with E-state index in [1.807, 2.05) is 30.3 Å². The van der Waals surface area contributed by atoms with Crippen molar-refractivity contribution in [3.8, 4) is 0 Å². The number of carbonyl (C=O) groups excluding carboxylic acids is 1. The van der Waals surface area contributed by atoms with E-state index in [-0.39, 0.29) is 5.91 Å². The van der Waals surface area contributed by atoms with Gasteiger partial charge in [-0.25, -0.2) is 4.98 Å². The second kappa shape index (κ2) is 6.12. The largest absolute Gasteiger partial charge is 0.370 e. The molecule has 1 amide bonds. The molecule has 21 heavy (non-hydrogen) atoms. The van der Waals surface area contributed by atoms with Crippen molar-refractivity contribution in [2.75, 3.05) is 11.9 Å². The first kappa shape index (κ1) is 13.9. The summed E-state index contributed by atoms with van der Waals surface area (Å²) in [6, 6.07) is 10.2. The van der Waals surface area contributed by atoms with Crippen LogP contribution in [0.4, 0.5) is 5.82 Å². The lowest BCUT2D eigenvalue weighted by Crippen LogP contribution is -2.39. The number of rotatable bonds is 5. The molecule has 0 radical (unpaired) electrons. The monoisotopic (exact) mass is 283 g/mol. The van der Waals surface area contributed by atoms with Gasteiger partial charge < -0.3 is 10.6 Å². The van der Waals surface area contributed by atoms with E-state index in [0.717, 1.165) is 42.4 Å². The number of carbonyl (C=O) groups is 1. The highest BCUT2D eigenvalue weighted by atomic mass is 16.1. The molecule has 1 aliphatic rings. The van der Waals surface area contributed by atoms with Crippen LogP contribution < -0.4 is 10.6 Å². The highest BCUT2D eigenvalue weighted by Crippen LogP contribution is 2.23. The quantitative estimate of drug-likeness (QED) is 0.885. The van der Waals surface area contributed by atoms with Gasteiger partial charge in [-0.3, -0.25) is 4.79 Å². The molecular formula is C17H21N3O. The van der Waals surface area contributed by atoms with Crippen LogP contribution in [0.1, 0.15) is 43.1 Å². The van der Waals surface area contributed by atoms with Gasteiger partial charge in [0, 0.05) is 18.0 Å². The van der Waals surface area contributed by atoms with Gasteiger partial charge in [0.15, 0.2) is 0 Å². The zero-order chi connectivity index (χ0) is 14.7. The maximum Gasteiger partial charge on any atom is 0.270 e. The lowest BCUT2D eigenvalue weighted by atomic mass is 9.93. The fourth-order valence-electron chi connectivity index (χ4n) is 2.51. The number of amides is 1. The summed E-state index contributed by atoms with van der Waals surface area (Å²) in [6.45, 7) is 2.97. The first-order chi connectivity index (χ1) is 10.3. The molecule has 0 spiro atoms. The van der Waals surface area contributed by atoms with Crippen molar-refractivity contribution in [3.63, 3.8) is 0 Å². The Kier molecular flexibility index (Phi) is 4.04. The molecule has 1 aromatic carbocycles. The molecule has 0 unspecified atom stereocenters. The number of nitrogens with one attached hydrogen (secondary N) is 2. The number of pyridine rings is 1. The van der Waals surface area contributed by atoms with E-state index in [0.29, 0.717) is 11.7 Å². The molecule has 4 nitrogen and oxygen atoms in total. The van der Waals surface area contributed by atoms with Crippen LogP contribution in [-0.4, -0.2) is 23.5 Å². The molecule has 0 atom stereocenters. The molecule has 1 aliphatic carbocycles. The van der Waals surface area contributed by atoms with Gasteiger partial charge in [0.05, 0.1) is 0 Å². The van der Waals surface area contributed by atoms with Crippen molar-refractivity contribution < 1.29 is 4.79 Å². The van der Waals surface area contributed by atoms with Gasteiger partial charge in [-0.15, -0.1) is 0 Å². The SMILES string of the molecule is CCCNc1nc(C(=O)NC2CCC2)cc2ccccc12. The first-order valence-electron chi connectivity index (χ1n) is 7.72. The van der Waals surface area contributed by atoms with Gasteiger partial charge >= 0.3 is 0 Å². The third-order valence-electron chi connectivity index (χ3n) is 3.96. The lowest BCUT2D eigenvalue weighted by Gasteiger charge is -2.26. The maximum absolute atomic E-state index is 12.3. The Bertz CT molecular complexity index is 650. The second-order valence-corrected chi connectivity index (χ2v) is 5.61. The van der Waals surface area contributed by atoms with Crippen molar-refractivity contribution in [1.29, 1.82) is 0 Å². The minimum absolute atomic E-state index is 0.0648. The normalized spacial score (nSPS) is 14.7. The van der Waals surface area contributed by atoms with Gasteiger partial charge in [0.1, 0.15) is 11.5 Å². The Morgan fingerprint density at radius 2 is 2.14 bits per heavy atom. The summed E-state index contributed by atoms with van der Waals surface area (Å²) < 4.78 is 0. The second-order valence-electron chi connectivity index (χ2n) is 5.61. The van der Waals surface area contributed by atoms with E-state index >= 15 is 0 Å². The number of hydrogen-bond acceptors (Lipinski definition) is 3.